The minimum Gasteiger partial charge on any atom is -0.368 e. The number of nitrogens with one attached hydrogen (secondary N) is 1. The van der Waals surface area contributed by atoms with Crippen LogP contribution in [0.1, 0.15) is 47.8 Å². The predicted octanol–water partition coefficient (Wildman–Crippen LogP) is 5.25. The number of benzene rings is 3. The fourth-order valence-electron chi connectivity index (χ4n) is 3.42. The molecule has 8 heteroatoms. The van der Waals surface area contributed by atoms with Gasteiger partial charge in [-0.2, -0.15) is 10.3 Å². The largest absolute Gasteiger partial charge is 0.368 e. The molecule has 0 unspecified atom stereocenters. The van der Waals surface area contributed by atoms with Crippen LogP contribution in [0.25, 0.3) is 0 Å². The van der Waals surface area contributed by atoms with Crippen LogP contribution in [-0.2, 0) is 12.0 Å². The molecule has 0 saturated heterocycles. The lowest BCUT2D eigenvalue weighted by molar-refractivity contribution is 0.100. The van der Waals surface area contributed by atoms with Gasteiger partial charge < -0.3 is 11.1 Å². The lowest BCUT2D eigenvalue weighted by Gasteiger charge is -2.25. The van der Waals surface area contributed by atoms with Crippen LogP contribution in [0.5, 0.6) is 0 Å². The van der Waals surface area contributed by atoms with Gasteiger partial charge in [0.1, 0.15) is 0 Å². The van der Waals surface area contributed by atoms with E-state index in [4.69, 9.17) is 5.73 Å². The second-order valence-electron chi connectivity index (χ2n) is 9.14. The smallest absolute Gasteiger partial charge is 0.326 e. The monoisotopic (exact) mass is 480 g/mol. The number of guanidine groups is 1. The molecule has 0 aromatic heterocycles. The average molecular weight is 481 g/mol. The number of hydrogen-bond acceptors (Lipinski definition) is 3. The van der Waals surface area contributed by atoms with Gasteiger partial charge in [0.2, 0.25) is 5.96 Å². The van der Waals surface area contributed by atoms with Crippen LogP contribution in [0.2, 0.25) is 0 Å². The normalized spacial score (nSPS) is 11.3. The van der Waals surface area contributed by atoms with E-state index in [1.165, 1.54) is 0 Å². The van der Waals surface area contributed by atoms with Crippen LogP contribution in [0, 0.1) is 11.3 Å². The van der Waals surface area contributed by atoms with Gasteiger partial charge in [-0.15, -0.1) is 0 Å². The van der Waals surface area contributed by atoms with E-state index in [1.807, 2.05) is 24.3 Å². The molecule has 36 heavy (non-hydrogen) atoms. The second kappa shape index (κ2) is 11.1. The van der Waals surface area contributed by atoms with Crippen molar-refractivity contribution in [2.24, 2.45) is 15.7 Å². The fourth-order valence-corrected chi connectivity index (χ4v) is 3.42. The number of carbonyl (C=O) groups is 2. The Labute approximate surface area is 210 Å². The number of aliphatic imine (C=N–C) groups is 2. The average Bonchev–Trinajstić information content (AvgIpc) is 2.87. The summed E-state index contributed by atoms with van der Waals surface area (Å²) in [6.07, 6.45) is 0. The maximum absolute atomic E-state index is 13.4. The van der Waals surface area contributed by atoms with Crippen LogP contribution >= 0.6 is 0 Å². The molecular weight excluding hydrogens is 452 g/mol. The molecule has 182 valence electrons. The molecule has 3 aromatic carbocycles. The van der Waals surface area contributed by atoms with E-state index in [0.29, 0.717) is 22.5 Å². The highest BCUT2D eigenvalue weighted by molar-refractivity contribution is 6.03. The Morgan fingerprint density at radius 2 is 1.72 bits per heavy atom. The van der Waals surface area contributed by atoms with Crippen LogP contribution in [0.4, 0.5) is 16.2 Å². The first-order valence-electron chi connectivity index (χ1n) is 11.2. The first-order valence-corrected chi connectivity index (χ1v) is 11.2. The summed E-state index contributed by atoms with van der Waals surface area (Å²) in [6.45, 7) is 9.86. The van der Waals surface area contributed by atoms with Crippen LogP contribution < -0.4 is 16.0 Å². The highest BCUT2D eigenvalue weighted by atomic mass is 16.2. The summed E-state index contributed by atoms with van der Waals surface area (Å²) >= 11 is 0. The molecule has 3 N–H and O–H groups in total. The first-order chi connectivity index (χ1) is 17.1. The van der Waals surface area contributed by atoms with Crippen molar-refractivity contribution < 1.29 is 9.59 Å². The van der Waals surface area contributed by atoms with Crippen LogP contribution in [-0.4, -0.2) is 24.6 Å². The Morgan fingerprint density at radius 1 is 1.06 bits per heavy atom. The minimum absolute atomic E-state index is 0.0291. The topological polar surface area (TPSA) is 124 Å². The maximum Gasteiger partial charge on any atom is 0.326 e. The van der Waals surface area contributed by atoms with Gasteiger partial charge in [-0.25, -0.2) is 9.79 Å². The molecule has 3 aromatic rings. The molecule has 0 bridgehead atoms. The molecule has 8 nitrogen and oxygen atoms in total. The quantitative estimate of drug-likeness (QED) is 0.382. The van der Waals surface area contributed by atoms with Crippen molar-refractivity contribution in [1.29, 1.82) is 5.26 Å². The predicted molar refractivity (Wildman–Crippen MR) is 143 cm³/mol. The Balaban J connectivity index is 1.89. The fraction of sp³-hybridized carbons (Fsp3) is 0.179. The van der Waals surface area contributed by atoms with Gasteiger partial charge in [-0.05, 0) is 65.7 Å². The number of amides is 3. The second-order valence-corrected chi connectivity index (χ2v) is 9.14. The van der Waals surface area contributed by atoms with Gasteiger partial charge in [0.15, 0.2) is 0 Å². The Morgan fingerprint density at radius 3 is 2.31 bits per heavy atom. The number of nitriles is 1. The summed E-state index contributed by atoms with van der Waals surface area (Å²) in [7, 11) is 0. The zero-order valence-electron chi connectivity index (χ0n) is 20.5. The molecule has 0 aliphatic rings. The third kappa shape index (κ3) is 6.64. The SMILES string of the molecule is C=NC(N)=NC(=O)c1ccc(CN(C(=O)Nc2cccc(C#N)c2)c2ccc(C(C)(C)C)cc2)cc1. The van der Waals surface area contributed by atoms with E-state index in [2.05, 4.69) is 48.9 Å². The van der Waals surface area contributed by atoms with Gasteiger partial charge in [0.05, 0.1) is 18.2 Å². The Kier molecular flexibility index (Phi) is 7.97. The molecule has 0 radical (unpaired) electrons. The molecule has 3 rings (SSSR count). The summed E-state index contributed by atoms with van der Waals surface area (Å²) in [5.74, 6) is -0.734. The zero-order chi connectivity index (χ0) is 26.3. The number of nitrogens with zero attached hydrogens (tertiary/aromatic N) is 4. The Bertz CT molecular complexity index is 1330. The molecule has 0 aliphatic carbocycles. The summed E-state index contributed by atoms with van der Waals surface area (Å²) in [6, 6.07) is 23.0. The zero-order valence-corrected chi connectivity index (χ0v) is 20.5. The summed E-state index contributed by atoms with van der Waals surface area (Å²) in [4.78, 5) is 34.2. The van der Waals surface area contributed by atoms with E-state index < -0.39 is 5.91 Å². The highest BCUT2D eigenvalue weighted by Gasteiger charge is 2.19. The van der Waals surface area contributed by atoms with E-state index in [9.17, 15) is 14.9 Å². The molecule has 0 spiro atoms. The molecule has 0 saturated carbocycles. The molecular formula is C28H28N6O2. The van der Waals surface area contributed by atoms with Gasteiger partial charge in [-0.1, -0.05) is 51.1 Å². The van der Waals surface area contributed by atoms with E-state index in [1.54, 1.807) is 53.4 Å². The number of carbonyl (C=O) groups excluding carboxylic acids is 2. The number of rotatable bonds is 5. The summed E-state index contributed by atoms with van der Waals surface area (Å²) in [5, 5.41) is 12.0. The van der Waals surface area contributed by atoms with Gasteiger partial charge >= 0.3 is 6.03 Å². The summed E-state index contributed by atoms with van der Waals surface area (Å²) in [5.41, 5.74) is 9.37. The number of anilines is 2. The van der Waals surface area contributed by atoms with E-state index >= 15 is 0 Å². The van der Waals surface area contributed by atoms with E-state index in [0.717, 1.165) is 11.1 Å². The molecule has 0 fully saturated rings. The van der Waals surface area contributed by atoms with Crippen molar-refractivity contribution in [2.45, 2.75) is 32.7 Å². The standard InChI is InChI=1S/C28H28N6O2/c1-28(2,3)22-12-14-24(15-13-22)34(27(36)32-23-7-5-6-20(16-23)17-29)18-19-8-10-21(11-9-19)25(35)33-26(30)31-4/h5-16H,4,18H2,1-3H3,(H,32,36)(H2,30,33,35). The van der Waals surface area contributed by atoms with Crippen LogP contribution in [0.15, 0.2) is 82.8 Å². The number of nitrogens with two attached hydrogens (primary N) is 1. The van der Waals surface area contributed by atoms with Crippen molar-refractivity contribution in [3.8, 4) is 6.07 Å². The van der Waals surface area contributed by atoms with Gasteiger partial charge in [0, 0.05) is 16.9 Å². The molecule has 3 amide bonds. The lowest BCUT2D eigenvalue weighted by Crippen LogP contribution is -2.34. The van der Waals surface area contributed by atoms with Gasteiger partial charge in [0.25, 0.3) is 5.91 Å². The van der Waals surface area contributed by atoms with Crippen molar-refractivity contribution >= 4 is 36.0 Å². The maximum atomic E-state index is 13.4. The third-order valence-electron chi connectivity index (χ3n) is 5.45. The minimum atomic E-state index is -0.531. The van der Waals surface area contributed by atoms with Crippen LogP contribution in [0.3, 0.4) is 0 Å². The first kappa shape index (κ1) is 25.8. The molecule has 0 heterocycles. The highest BCUT2D eigenvalue weighted by Crippen LogP contribution is 2.26. The van der Waals surface area contributed by atoms with Crippen molar-refractivity contribution in [2.75, 3.05) is 10.2 Å². The Hall–Kier alpha value is -4.77. The third-order valence-corrected chi connectivity index (χ3v) is 5.45. The molecule has 0 aliphatic heterocycles. The van der Waals surface area contributed by atoms with Crippen molar-refractivity contribution in [3.63, 3.8) is 0 Å². The lowest BCUT2D eigenvalue weighted by atomic mass is 9.87. The number of urea groups is 1. The molecule has 0 atom stereocenters. The van der Waals surface area contributed by atoms with Crippen molar-refractivity contribution in [3.05, 3.63) is 95.1 Å². The number of hydrogen-bond donors (Lipinski definition) is 2. The van der Waals surface area contributed by atoms with Crippen molar-refractivity contribution in [1.82, 2.24) is 0 Å². The van der Waals surface area contributed by atoms with Gasteiger partial charge in [-0.3, -0.25) is 9.69 Å². The summed E-state index contributed by atoms with van der Waals surface area (Å²) < 4.78 is 0. The van der Waals surface area contributed by atoms with E-state index in [-0.39, 0.29) is 24.0 Å².